The number of nitrogens with one attached hydrogen (secondary N) is 1. The molecule has 4 rings (SSSR count). The van der Waals surface area contributed by atoms with Gasteiger partial charge in [-0.25, -0.2) is 4.68 Å². The number of rotatable bonds is 4. The zero-order valence-corrected chi connectivity index (χ0v) is 12.8. The first-order valence-corrected chi connectivity index (χ1v) is 7.89. The molecule has 4 heteroatoms. The molecule has 3 aromatic rings. The van der Waals surface area contributed by atoms with Crippen molar-refractivity contribution >= 4 is 0 Å². The summed E-state index contributed by atoms with van der Waals surface area (Å²) in [6.45, 7) is 0.732. The summed E-state index contributed by atoms with van der Waals surface area (Å²) in [5.41, 5.74) is 4.70. The van der Waals surface area contributed by atoms with Gasteiger partial charge in [0.15, 0.2) is 0 Å². The molecule has 0 saturated heterocycles. The molecular weight excluding hydrogens is 286 g/mol. The zero-order valence-electron chi connectivity index (χ0n) is 12.8. The maximum Gasteiger partial charge on any atom is 0.0775 e. The van der Waals surface area contributed by atoms with Crippen molar-refractivity contribution in [3.05, 3.63) is 83.7 Å². The monoisotopic (exact) mass is 305 g/mol. The Morgan fingerprint density at radius 1 is 1.09 bits per heavy atom. The summed E-state index contributed by atoms with van der Waals surface area (Å²) in [5, 5.41) is 18.0. The topological polar surface area (TPSA) is 50.1 Å². The van der Waals surface area contributed by atoms with Gasteiger partial charge in [-0.1, -0.05) is 36.4 Å². The van der Waals surface area contributed by atoms with Crippen LogP contribution in [-0.4, -0.2) is 21.0 Å². The number of aromatic nitrogens is 2. The molecule has 0 saturated carbocycles. The van der Waals surface area contributed by atoms with Gasteiger partial charge in [0.1, 0.15) is 0 Å². The Morgan fingerprint density at radius 2 is 1.91 bits per heavy atom. The average Bonchev–Trinajstić information content (AvgIpc) is 3.21. The predicted molar refractivity (Wildman–Crippen MR) is 89.3 cm³/mol. The van der Waals surface area contributed by atoms with Gasteiger partial charge >= 0.3 is 0 Å². The molecule has 1 aliphatic carbocycles. The number of benzene rings is 2. The molecule has 1 aromatic heterocycles. The molecule has 0 spiro atoms. The summed E-state index contributed by atoms with van der Waals surface area (Å²) in [7, 11) is 0. The highest BCUT2D eigenvalue weighted by Crippen LogP contribution is 2.31. The zero-order chi connectivity index (χ0) is 15.6. The summed E-state index contributed by atoms with van der Waals surface area (Å²) in [4.78, 5) is 0. The van der Waals surface area contributed by atoms with Crippen molar-refractivity contribution in [2.45, 2.75) is 25.1 Å². The van der Waals surface area contributed by atoms with Crippen LogP contribution in [0.15, 0.2) is 67.0 Å². The van der Waals surface area contributed by atoms with E-state index in [9.17, 15) is 5.11 Å². The molecule has 0 amide bonds. The minimum Gasteiger partial charge on any atom is -0.391 e. The molecule has 0 fully saturated rings. The van der Waals surface area contributed by atoms with Crippen molar-refractivity contribution in [2.75, 3.05) is 0 Å². The Balaban J connectivity index is 1.45. The predicted octanol–water partition coefficient (Wildman–Crippen LogP) is 2.62. The van der Waals surface area contributed by atoms with Gasteiger partial charge in [0.2, 0.25) is 0 Å². The molecule has 1 aliphatic rings. The molecule has 1 heterocycles. The van der Waals surface area contributed by atoms with Crippen molar-refractivity contribution in [3.63, 3.8) is 0 Å². The number of fused-ring (bicyclic) bond motifs is 1. The van der Waals surface area contributed by atoms with E-state index < -0.39 is 0 Å². The molecule has 4 nitrogen and oxygen atoms in total. The maximum absolute atomic E-state index is 10.3. The first-order valence-electron chi connectivity index (χ1n) is 7.89. The number of hydrogen-bond acceptors (Lipinski definition) is 3. The van der Waals surface area contributed by atoms with Crippen LogP contribution in [0.25, 0.3) is 5.69 Å². The van der Waals surface area contributed by atoms with Crippen molar-refractivity contribution in [1.29, 1.82) is 0 Å². The number of hydrogen-bond donors (Lipinski definition) is 2. The molecule has 116 valence electrons. The first-order chi connectivity index (χ1) is 11.3. The summed E-state index contributed by atoms with van der Waals surface area (Å²) in [6, 6.07) is 18.5. The highest BCUT2D eigenvalue weighted by Gasteiger charge is 2.29. The highest BCUT2D eigenvalue weighted by molar-refractivity contribution is 5.37. The Morgan fingerprint density at radius 3 is 2.70 bits per heavy atom. The van der Waals surface area contributed by atoms with Crippen LogP contribution >= 0.6 is 0 Å². The summed E-state index contributed by atoms with van der Waals surface area (Å²) >= 11 is 0. The van der Waals surface area contributed by atoms with Crippen molar-refractivity contribution < 1.29 is 5.11 Å². The van der Waals surface area contributed by atoms with Crippen LogP contribution in [0.2, 0.25) is 0 Å². The summed E-state index contributed by atoms with van der Waals surface area (Å²) in [6.07, 6.45) is 4.08. The lowest BCUT2D eigenvalue weighted by molar-refractivity contribution is 0.140. The van der Waals surface area contributed by atoms with Crippen LogP contribution in [0.5, 0.6) is 0 Å². The fourth-order valence-corrected chi connectivity index (χ4v) is 3.24. The Kier molecular flexibility index (Phi) is 3.69. The third kappa shape index (κ3) is 2.79. The molecule has 2 N–H and O–H groups in total. The van der Waals surface area contributed by atoms with E-state index in [0.717, 1.165) is 18.7 Å². The largest absolute Gasteiger partial charge is 0.391 e. The van der Waals surface area contributed by atoms with E-state index in [0.29, 0.717) is 0 Å². The molecule has 0 radical (unpaired) electrons. The molecular formula is C19H19N3O. The SMILES string of the molecule is O[C@H]1Cc2ccccc2[C@H]1NCc1ccc(-n2cccn2)cc1. The molecule has 2 aromatic carbocycles. The molecule has 0 unspecified atom stereocenters. The highest BCUT2D eigenvalue weighted by atomic mass is 16.3. The minimum atomic E-state index is -0.351. The molecule has 0 bridgehead atoms. The fraction of sp³-hybridized carbons (Fsp3) is 0.211. The van der Waals surface area contributed by atoms with Gasteiger partial charge in [-0.15, -0.1) is 0 Å². The molecule has 23 heavy (non-hydrogen) atoms. The first kappa shape index (κ1) is 14.2. The van der Waals surface area contributed by atoms with Gasteiger partial charge in [0, 0.05) is 25.4 Å². The van der Waals surface area contributed by atoms with Crippen LogP contribution in [0, 0.1) is 0 Å². The standard InChI is InChI=1S/C19H19N3O/c23-18-12-15-4-1-2-5-17(15)19(18)20-13-14-6-8-16(9-7-14)22-11-3-10-21-22/h1-11,18-20,23H,12-13H2/t18-,19+/m0/s1. The number of aliphatic hydroxyl groups is 1. The smallest absolute Gasteiger partial charge is 0.0775 e. The van der Waals surface area contributed by atoms with E-state index in [-0.39, 0.29) is 12.1 Å². The van der Waals surface area contributed by atoms with Gasteiger partial charge in [0.05, 0.1) is 17.8 Å². The van der Waals surface area contributed by atoms with Crippen molar-refractivity contribution in [1.82, 2.24) is 15.1 Å². The van der Waals surface area contributed by atoms with Crippen molar-refractivity contribution in [3.8, 4) is 5.69 Å². The number of aliphatic hydroxyl groups excluding tert-OH is 1. The summed E-state index contributed by atoms with van der Waals surface area (Å²) in [5.74, 6) is 0. The Hall–Kier alpha value is -2.43. The van der Waals surface area contributed by atoms with E-state index in [1.165, 1.54) is 16.7 Å². The Bertz CT molecular complexity index is 781. The third-order valence-corrected chi connectivity index (χ3v) is 4.44. The van der Waals surface area contributed by atoms with E-state index in [2.05, 4.69) is 46.8 Å². The Labute approximate surface area is 135 Å². The second-order valence-electron chi connectivity index (χ2n) is 5.95. The van der Waals surface area contributed by atoms with Crippen molar-refractivity contribution in [2.24, 2.45) is 0 Å². The van der Waals surface area contributed by atoms with Crippen LogP contribution in [0.4, 0.5) is 0 Å². The van der Waals surface area contributed by atoms with Gasteiger partial charge < -0.3 is 10.4 Å². The fourth-order valence-electron chi connectivity index (χ4n) is 3.24. The lowest BCUT2D eigenvalue weighted by Gasteiger charge is -2.18. The van der Waals surface area contributed by atoms with Crippen LogP contribution < -0.4 is 5.32 Å². The van der Waals surface area contributed by atoms with E-state index >= 15 is 0 Å². The van der Waals surface area contributed by atoms with Gasteiger partial charge in [-0.2, -0.15) is 5.10 Å². The van der Waals surface area contributed by atoms with Gasteiger partial charge in [0.25, 0.3) is 0 Å². The molecule has 2 atom stereocenters. The number of nitrogens with zero attached hydrogens (tertiary/aromatic N) is 2. The lowest BCUT2D eigenvalue weighted by atomic mass is 10.1. The van der Waals surface area contributed by atoms with Gasteiger partial charge in [-0.3, -0.25) is 0 Å². The minimum absolute atomic E-state index is 0.0111. The molecule has 0 aliphatic heterocycles. The summed E-state index contributed by atoms with van der Waals surface area (Å²) < 4.78 is 1.84. The lowest BCUT2D eigenvalue weighted by Crippen LogP contribution is -2.28. The normalized spacial score (nSPS) is 19.7. The van der Waals surface area contributed by atoms with Crippen LogP contribution in [-0.2, 0) is 13.0 Å². The van der Waals surface area contributed by atoms with E-state index in [4.69, 9.17) is 0 Å². The third-order valence-electron chi connectivity index (χ3n) is 4.44. The quantitative estimate of drug-likeness (QED) is 0.779. The van der Waals surface area contributed by atoms with Gasteiger partial charge in [-0.05, 0) is 34.9 Å². The van der Waals surface area contributed by atoms with E-state index in [1.807, 2.05) is 29.1 Å². The van der Waals surface area contributed by atoms with Crippen LogP contribution in [0.1, 0.15) is 22.7 Å². The average molecular weight is 305 g/mol. The second kappa shape index (κ2) is 5.99. The second-order valence-corrected chi connectivity index (χ2v) is 5.95. The maximum atomic E-state index is 10.3. The van der Waals surface area contributed by atoms with E-state index in [1.54, 1.807) is 6.20 Å². The van der Waals surface area contributed by atoms with Crippen LogP contribution in [0.3, 0.4) is 0 Å².